The standard InChI is InChI=1S/C21H23N3O3/c1-15(2)17-8-4-6-10-19(17)27-14-21(26)23-22-20(25)13-24-12-11-16-7-3-5-9-18(16)24/h3-12,15H,13-14H2,1-2H3,(H,22,25)(H,23,26). The molecule has 0 saturated heterocycles. The number of hydrazine groups is 1. The highest BCUT2D eigenvalue weighted by atomic mass is 16.5. The smallest absolute Gasteiger partial charge is 0.276 e. The van der Waals surface area contributed by atoms with Crippen molar-refractivity contribution < 1.29 is 14.3 Å². The number of ether oxygens (including phenoxy) is 1. The van der Waals surface area contributed by atoms with E-state index < -0.39 is 5.91 Å². The molecule has 1 heterocycles. The zero-order valence-electron chi connectivity index (χ0n) is 15.4. The molecule has 0 bridgehead atoms. The molecule has 6 heteroatoms. The van der Waals surface area contributed by atoms with Gasteiger partial charge in [0.15, 0.2) is 6.61 Å². The minimum absolute atomic E-state index is 0.116. The summed E-state index contributed by atoms with van der Waals surface area (Å²) in [5, 5.41) is 1.06. The number of nitrogens with one attached hydrogen (secondary N) is 2. The average molecular weight is 365 g/mol. The normalized spacial score (nSPS) is 10.8. The Balaban J connectivity index is 1.48. The molecule has 6 nitrogen and oxygen atoms in total. The van der Waals surface area contributed by atoms with Crippen molar-refractivity contribution in [3.8, 4) is 5.75 Å². The van der Waals surface area contributed by atoms with Gasteiger partial charge in [-0.15, -0.1) is 0 Å². The third-order valence-electron chi connectivity index (χ3n) is 4.24. The zero-order chi connectivity index (χ0) is 19.2. The summed E-state index contributed by atoms with van der Waals surface area (Å²) in [6.07, 6.45) is 1.85. The van der Waals surface area contributed by atoms with Gasteiger partial charge < -0.3 is 9.30 Å². The van der Waals surface area contributed by atoms with Gasteiger partial charge in [-0.2, -0.15) is 0 Å². The molecule has 140 valence electrons. The van der Waals surface area contributed by atoms with Crippen LogP contribution in [0.5, 0.6) is 5.75 Å². The summed E-state index contributed by atoms with van der Waals surface area (Å²) in [5.41, 5.74) is 6.81. The molecule has 0 saturated carbocycles. The number of rotatable bonds is 6. The SMILES string of the molecule is CC(C)c1ccccc1OCC(=O)NNC(=O)Cn1ccc2ccccc21. The number of carbonyl (C=O) groups is 2. The molecule has 3 rings (SSSR count). The Hall–Kier alpha value is -3.28. The minimum atomic E-state index is -0.417. The second kappa shape index (κ2) is 8.40. The number of nitrogens with zero attached hydrogens (tertiary/aromatic N) is 1. The van der Waals surface area contributed by atoms with Gasteiger partial charge in [0, 0.05) is 11.7 Å². The van der Waals surface area contributed by atoms with E-state index in [0.717, 1.165) is 16.5 Å². The second-order valence-corrected chi connectivity index (χ2v) is 6.58. The van der Waals surface area contributed by atoms with E-state index in [1.165, 1.54) is 0 Å². The molecular weight excluding hydrogens is 342 g/mol. The van der Waals surface area contributed by atoms with Crippen LogP contribution in [0.1, 0.15) is 25.3 Å². The Kier molecular flexibility index (Phi) is 5.76. The van der Waals surface area contributed by atoms with Crippen molar-refractivity contribution in [3.63, 3.8) is 0 Å². The van der Waals surface area contributed by atoms with Crippen LogP contribution in [0.25, 0.3) is 10.9 Å². The van der Waals surface area contributed by atoms with Crippen LogP contribution < -0.4 is 15.6 Å². The highest BCUT2D eigenvalue weighted by Crippen LogP contribution is 2.25. The lowest BCUT2D eigenvalue weighted by atomic mass is 10.0. The van der Waals surface area contributed by atoms with Gasteiger partial charge >= 0.3 is 0 Å². The number of hydrogen-bond donors (Lipinski definition) is 2. The van der Waals surface area contributed by atoms with Gasteiger partial charge in [0.25, 0.3) is 11.8 Å². The molecule has 2 amide bonds. The minimum Gasteiger partial charge on any atom is -0.483 e. The largest absolute Gasteiger partial charge is 0.483 e. The van der Waals surface area contributed by atoms with Crippen LogP contribution >= 0.6 is 0 Å². The van der Waals surface area contributed by atoms with Crippen LogP contribution in [0.15, 0.2) is 60.8 Å². The highest BCUT2D eigenvalue weighted by molar-refractivity contribution is 5.85. The number of carbonyl (C=O) groups excluding carboxylic acids is 2. The van der Waals surface area contributed by atoms with E-state index in [9.17, 15) is 9.59 Å². The number of para-hydroxylation sites is 2. The van der Waals surface area contributed by atoms with Crippen LogP contribution in [0.3, 0.4) is 0 Å². The first-order chi connectivity index (χ1) is 13.0. The van der Waals surface area contributed by atoms with Crippen molar-refractivity contribution in [2.75, 3.05) is 6.61 Å². The van der Waals surface area contributed by atoms with Crippen molar-refractivity contribution in [1.29, 1.82) is 0 Å². The third-order valence-corrected chi connectivity index (χ3v) is 4.24. The second-order valence-electron chi connectivity index (χ2n) is 6.58. The van der Waals surface area contributed by atoms with Crippen molar-refractivity contribution in [3.05, 3.63) is 66.4 Å². The summed E-state index contributed by atoms with van der Waals surface area (Å²) in [6, 6.07) is 17.4. The third kappa shape index (κ3) is 4.67. The predicted octanol–water partition coefficient (Wildman–Crippen LogP) is 2.99. The molecule has 0 atom stereocenters. The van der Waals surface area contributed by atoms with Crippen molar-refractivity contribution in [2.24, 2.45) is 0 Å². The van der Waals surface area contributed by atoms with E-state index in [-0.39, 0.29) is 19.1 Å². The molecule has 0 aliphatic carbocycles. The van der Waals surface area contributed by atoms with Crippen molar-refractivity contribution in [1.82, 2.24) is 15.4 Å². The first-order valence-corrected chi connectivity index (χ1v) is 8.88. The summed E-state index contributed by atoms with van der Waals surface area (Å²) in [7, 11) is 0. The number of benzene rings is 2. The summed E-state index contributed by atoms with van der Waals surface area (Å²) in [5.74, 6) is 0.236. The fourth-order valence-corrected chi connectivity index (χ4v) is 2.88. The fraction of sp³-hybridized carbons (Fsp3) is 0.238. The summed E-state index contributed by atoms with van der Waals surface area (Å²) in [4.78, 5) is 24.0. The summed E-state index contributed by atoms with van der Waals surface area (Å²) in [6.45, 7) is 4.07. The number of hydrogen-bond acceptors (Lipinski definition) is 3. The molecule has 2 N–H and O–H groups in total. The maximum atomic E-state index is 12.1. The lowest BCUT2D eigenvalue weighted by Gasteiger charge is -2.14. The molecule has 27 heavy (non-hydrogen) atoms. The first kappa shape index (κ1) is 18.5. The Bertz CT molecular complexity index is 947. The Morgan fingerprint density at radius 1 is 0.963 bits per heavy atom. The molecule has 0 radical (unpaired) electrons. The number of fused-ring (bicyclic) bond motifs is 1. The van der Waals surface area contributed by atoms with Crippen LogP contribution in [0, 0.1) is 0 Å². The molecule has 0 fully saturated rings. The van der Waals surface area contributed by atoms with Gasteiger partial charge in [0.1, 0.15) is 12.3 Å². The van der Waals surface area contributed by atoms with Crippen LogP contribution in [-0.2, 0) is 16.1 Å². The van der Waals surface area contributed by atoms with Crippen LogP contribution in [0.2, 0.25) is 0 Å². The topological polar surface area (TPSA) is 72.4 Å². The molecular formula is C21H23N3O3. The molecule has 0 unspecified atom stereocenters. The molecule has 0 aliphatic rings. The zero-order valence-corrected chi connectivity index (χ0v) is 15.4. The molecule has 3 aromatic rings. The Labute approximate surface area is 158 Å². The Morgan fingerprint density at radius 3 is 2.48 bits per heavy atom. The van der Waals surface area contributed by atoms with Gasteiger partial charge in [-0.25, -0.2) is 0 Å². The molecule has 2 aromatic carbocycles. The van der Waals surface area contributed by atoms with Crippen molar-refractivity contribution >= 4 is 22.7 Å². The quantitative estimate of drug-likeness (QED) is 0.660. The first-order valence-electron chi connectivity index (χ1n) is 8.88. The summed E-state index contributed by atoms with van der Waals surface area (Å²) < 4.78 is 7.41. The monoisotopic (exact) mass is 365 g/mol. The highest BCUT2D eigenvalue weighted by Gasteiger charge is 2.10. The van der Waals surface area contributed by atoms with Gasteiger partial charge in [0.2, 0.25) is 0 Å². The molecule has 0 spiro atoms. The molecule has 0 aliphatic heterocycles. The van der Waals surface area contributed by atoms with Crippen LogP contribution in [0.4, 0.5) is 0 Å². The summed E-state index contributed by atoms with van der Waals surface area (Å²) >= 11 is 0. The Morgan fingerprint density at radius 2 is 1.67 bits per heavy atom. The van der Waals surface area contributed by atoms with E-state index >= 15 is 0 Å². The lowest BCUT2D eigenvalue weighted by Crippen LogP contribution is -2.45. The number of amides is 2. The van der Waals surface area contributed by atoms with E-state index in [1.54, 1.807) is 0 Å². The van der Waals surface area contributed by atoms with Gasteiger partial charge in [-0.05, 0) is 35.1 Å². The lowest BCUT2D eigenvalue weighted by molar-refractivity contribution is -0.130. The fourth-order valence-electron chi connectivity index (χ4n) is 2.88. The van der Waals surface area contributed by atoms with E-state index in [4.69, 9.17) is 4.74 Å². The average Bonchev–Trinajstić information content (AvgIpc) is 3.08. The van der Waals surface area contributed by atoms with Gasteiger partial charge in [-0.1, -0.05) is 50.2 Å². The molecule has 1 aromatic heterocycles. The maximum Gasteiger partial charge on any atom is 0.276 e. The van der Waals surface area contributed by atoms with Gasteiger partial charge in [0.05, 0.1) is 0 Å². The van der Waals surface area contributed by atoms with E-state index in [0.29, 0.717) is 11.7 Å². The van der Waals surface area contributed by atoms with Crippen molar-refractivity contribution in [2.45, 2.75) is 26.3 Å². The van der Waals surface area contributed by atoms with Gasteiger partial charge in [-0.3, -0.25) is 20.4 Å². The maximum absolute atomic E-state index is 12.1. The van der Waals surface area contributed by atoms with E-state index in [2.05, 4.69) is 24.7 Å². The predicted molar refractivity (Wildman–Crippen MR) is 104 cm³/mol. The van der Waals surface area contributed by atoms with Crippen LogP contribution in [-0.4, -0.2) is 23.0 Å². The van der Waals surface area contributed by atoms with E-state index in [1.807, 2.05) is 65.4 Å². The number of aromatic nitrogens is 1.